The van der Waals surface area contributed by atoms with Crippen molar-refractivity contribution in [2.24, 2.45) is 0 Å². The van der Waals surface area contributed by atoms with Gasteiger partial charge in [-0.25, -0.2) is 0 Å². The number of hydrogen-bond donors (Lipinski definition) is 2. The second-order valence-corrected chi connectivity index (χ2v) is 7.44. The predicted molar refractivity (Wildman–Crippen MR) is 109 cm³/mol. The lowest BCUT2D eigenvalue weighted by Gasteiger charge is -2.18. The van der Waals surface area contributed by atoms with Crippen LogP contribution in [0.15, 0.2) is 48.5 Å². The van der Waals surface area contributed by atoms with Gasteiger partial charge in [-0.05, 0) is 55.2 Å². The first-order valence-corrected chi connectivity index (χ1v) is 10.2. The molecule has 0 aliphatic carbocycles. The fraction of sp³-hybridized carbons (Fsp3) is 0.300. The first-order chi connectivity index (χ1) is 12.5. The maximum absolute atomic E-state index is 12.6. The zero-order valence-corrected chi connectivity index (χ0v) is 16.5. The number of halogens is 1. The zero-order valence-electron chi connectivity index (χ0n) is 14.9. The smallest absolute Gasteiger partial charge is 0.251 e. The van der Waals surface area contributed by atoms with E-state index in [0.717, 1.165) is 11.3 Å². The first-order valence-electron chi connectivity index (χ1n) is 8.38. The number of carbonyl (C=O) groups excluding carboxylic acids is 2. The Balaban J connectivity index is 1.98. The number of aryl methyl sites for hydroxylation is 1. The first kappa shape index (κ1) is 20.3. The van der Waals surface area contributed by atoms with Gasteiger partial charge in [0.05, 0.1) is 0 Å². The van der Waals surface area contributed by atoms with Crippen LogP contribution in [0.1, 0.15) is 27.9 Å². The number of carbonyl (C=O) groups is 2. The van der Waals surface area contributed by atoms with E-state index in [-0.39, 0.29) is 11.8 Å². The van der Waals surface area contributed by atoms with Crippen LogP contribution in [-0.2, 0) is 11.3 Å². The van der Waals surface area contributed by atoms with E-state index in [9.17, 15) is 9.59 Å². The molecule has 2 rings (SSSR count). The van der Waals surface area contributed by atoms with Crippen molar-refractivity contribution in [1.82, 2.24) is 10.6 Å². The summed E-state index contributed by atoms with van der Waals surface area (Å²) in [7, 11) is 0. The second kappa shape index (κ2) is 10.2. The van der Waals surface area contributed by atoms with Gasteiger partial charge in [0.25, 0.3) is 5.91 Å². The van der Waals surface area contributed by atoms with Crippen LogP contribution in [0.25, 0.3) is 0 Å². The highest BCUT2D eigenvalue weighted by Gasteiger charge is 2.20. The molecular formula is C20H23ClN2O2S. The van der Waals surface area contributed by atoms with Crippen LogP contribution in [0.4, 0.5) is 0 Å². The molecule has 0 unspecified atom stereocenters. The highest BCUT2D eigenvalue weighted by Crippen LogP contribution is 2.10. The summed E-state index contributed by atoms with van der Waals surface area (Å²) in [5.74, 6) is 0.323. The summed E-state index contributed by atoms with van der Waals surface area (Å²) in [5.41, 5.74) is 2.68. The van der Waals surface area contributed by atoms with E-state index in [0.29, 0.717) is 23.6 Å². The van der Waals surface area contributed by atoms with Gasteiger partial charge in [-0.15, -0.1) is 0 Å². The minimum absolute atomic E-state index is 0.179. The number of thioether (sulfide) groups is 1. The Morgan fingerprint density at radius 2 is 1.73 bits per heavy atom. The quantitative estimate of drug-likeness (QED) is 0.720. The molecule has 2 aromatic rings. The molecular weight excluding hydrogens is 368 g/mol. The molecule has 0 spiro atoms. The molecule has 0 aromatic heterocycles. The van der Waals surface area contributed by atoms with Crippen LogP contribution in [0.3, 0.4) is 0 Å². The number of amides is 2. The van der Waals surface area contributed by atoms with E-state index < -0.39 is 6.04 Å². The lowest BCUT2D eigenvalue weighted by molar-refractivity contribution is -0.123. The SMILES string of the molecule is CSCC[C@@H](NC(=O)c1ccc(Cl)cc1)C(=O)NCc1ccc(C)cc1. The molecule has 0 fully saturated rings. The monoisotopic (exact) mass is 390 g/mol. The average molecular weight is 391 g/mol. The molecule has 138 valence electrons. The zero-order chi connectivity index (χ0) is 18.9. The Morgan fingerprint density at radius 3 is 2.35 bits per heavy atom. The molecule has 1 atom stereocenters. The van der Waals surface area contributed by atoms with Crippen molar-refractivity contribution < 1.29 is 9.59 Å². The Labute approximate surface area is 163 Å². The van der Waals surface area contributed by atoms with E-state index in [1.807, 2.05) is 37.4 Å². The summed E-state index contributed by atoms with van der Waals surface area (Å²) < 4.78 is 0. The molecule has 6 heteroatoms. The summed E-state index contributed by atoms with van der Waals surface area (Å²) in [5, 5.41) is 6.30. The van der Waals surface area contributed by atoms with Crippen molar-refractivity contribution in [2.45, 2.75) is 25.9 Å². The molecule has 4 nitrogen and oxygen atoms in total. The number of hydrogen-bond acceptors (Lipinski definition) is 3. The Hall–Kier alpha value is -1.98. The van der Waals surface area contributed by atoms with Crippen LogP contribution >= 0.6 is 23.4 Å². The fourth-order valence-corrected chi connectivity index (χ4v) is 2.96. The molecule has 0 saturated heterocycles. The van der Waals surface area contributed by atoms with Gasteiger partial charge in [0.1, 0.15) is 6.04 Å². The summed E-state index contributed by atoms with van der Waals surface area (Å²) in [6.45, 7) is 2.46. The lowest BCUT2D eigenvalue weighted by atomic mass is 10.1. The Kier molecular flexibility index (Phi) is 8.01. The van der Waals surface area contributed by atoms with Crippen LogP contribution in [-0.4, -0.2) is 29.9 Å². The second-order valence-electron chi connectivity index (χ2n) is 6.02. The molecule has 0 heterocycles. The standard InChI is InChI=1S/C20H23ClN2O2S/c1-14-3-5-15(6-4-14)13-22-20(25)18(11-12-26-2)23-19(24)16-7-9-17(21)10-8-16/h3-10,18H,11-13H2,1-2H3,(H,22,25)(H,23,24)/t18-/m1/s1. The van der Waals surface area contributed by atoms with E-state index in [1.165, 1.54) is 5.56 Å². The van der Waals surface area contributed by atoms with Gasteiger partial charge in [0.2, 0.25) is 5.91 Å². The predicted octanol–water partition coefficient (Wildman–Crippen LogP) is 3.82. The largest absolute Gasteiger partial charge is 0.350 e. The third kappa shape index (κ3) is 6.39. The van der Waals surface area contributed by atoms with E-state index in [2.05, 4.69) is 10.6 Å². The maximum atomic E-state index is 12.6. The molecule has 0 saturated carbocycles. The van der Waals surface area contributed by atoms with Gasteiger partial charge in [0.15, 0.2) is 0 Å². The van der Waals surface area contributed by atoms with Crippen molar-refractivity contribution in [3.63, 3.8) is 0 Å². The molecule has 26 heavy (non-hydrogen) atoms. The molecule has 2 amide bonds. The summed E-state index contributed by atoms with van der Waals surface area (Å²) in [4.78, 5) is 25.0. The van der Waals surface area contributed by atoms with Crippen LogP contribution in [0.2, 0.25) is 5.02 Å². The fourth-order valence-electron chi connectivity index (χ4n) is 2.37. The maximum Gasteiger partial charge on any atom is 0.251 e. The van der Waals surface area contributed by atoms with E-state index >= 15 is 0 Å². The van der Waals surface area contributed by atoms with Gasteiger partial charge in [0, 0.05) is 17.1 Å². The normalized spacial score (nSPS) is 11.7. The highest BCUT2D eigenvalue weighted by molar-refractivity contribution is 7.98. The van der Waals surface area contributed by atoms with Crippen LogP contribution < -0.4 is 10.6 Å². The minimum Gasteiger partial charge on any atom is -0.350 e. The lowest BCUT2D eigenvalue weighted by Crippen LogP contribution is -2.46. The number of nitrogens with one attached hydrogen (secondary N) is 2. The number of rotatable bonds is 8. The van der Waals surface area contributed by atoms with E-state index in [4.69, 9.17) is 11.6 Å². The van der Waals surface area contributed by atoms with E-state index in [1.54, 1.807) is 36.0 Å². The molecule has 2 aromatic carbocycles. The minimum atomic E-state index is -0.573. The molecule has 0 aliphatic rings. The van der Waals surface area contributed by atoms with Gasteiger partial charge < -0.3 is 10.6 Å². The molecule has 0 bridgehead atoms. The van der Waals surface area contributed by atoms with Gasteiger partial charge in [-0.3, -0.25) is 9.59 Å². The van der Waals surface area contributed by atoms with Crippen molar-refractivity contribution in [3.05, 3.63) is 70.2 Å². The highest BCUT2D eigenvalue weighted by atomic mass is 35.5. The average Bonchev–Trinajstić information content (AvgIpc) is 2.64. The summed E-state index contributed by atoms with van der Waals surface area (Å²) >= 11 is 7.49. The third-order valence-electron chi connectivity index (χ3n) is 3.93. The summed E-state index contributed by atoms with van der Waals surface area (Å²) in [6, 6.07) is 14.0. The van der Waals surface area contributed by atoms with Crippen LogP contribution in [0, 0.1) is 6.92 Å². The van der Waals surface area contributed by atoms with Crippen molar-refractivity contribution in [3.8, 4) is 0 Å². The van der Waals surface area contributed by atoms with Gasteiger partial charge in [-0.2, -0.15) is 11.8 Å². The Morgan fingerprint density at radius 1 is 1.08 bits per heavy atom. The molecule has 0 radical (unpaired) electrons. The summed E-state index contributed by atoms with van der Waals surface area (Å²) in [6.07, 6.45) is 2.54. The number of benzene rings is 2. The molecule has 0 aliphatic heterocycles. The topological polar surface area (TPSA) is 58.2 Å². The third-order valence-corrected chi connectivity index (χ3v) is 4.82. The van der Waals surface area contributed by atoms with Crippen molar-refractivity contribution >= 4 is 35.2 Å². The van der Waals surface area contributed by atoms with Gasteiger partial charge in [-0.1, -0.05) is 41.4 Å². The van der Waals surface area contributed by atoms with Crippen molar-refractivity contribution in [1.29, 1.82) is 0 Å². The van der Waals surface area contributed by atoms with Crippen molar-refractivity contribution in [2.75, 3.05) is 12.0 Å². The molecule has 2 N–H and O–H groups in total. The Bertz CT molecular complexity index is 732. The van der Waals surface area contributed by atoms with Crippen LogP contribution in [0.5, 0.6) is 0 Å². The van der Waals surface area contributed by atoms with Gasteiger partial charge >= 0.3 is 0 Å².